The van der Waals surface area contributed by atoms with E-state index in [2.05, 4.69) is 38.0 Å². The molecule has 1 aromatic heterocycles. The summed E-state index contributed by atoms with van der Waals surface area (Å²) in [6.45, 7) is 8.86. The number of rotatable bonds is 9. The molecule has 0 saturated heterocycles. The maximum absolute atomic E-state index is 4.91. The van der Waals surface area contributed by atoms with Crippen molar-refractivity contribution < 1.29 is 0 Å². The van der Waals surface area contributed by atoms with Crippen LogP contribution in [0.5, 0.6) is 0 Å². The van der Waals surface area contributed by atoms with Crippen LogP contribution in [-0.2, 0) is 13.0 Å². The van der Waals surface area contributed by atoms with Gasteiger partial charge in [0.05, 0.1) is 5.69 Å². The fourth-order valence-electron chi connectivity index (χ4n) is 2.54. The first-order chi connectivity index (χ1) is 9.67. The molecule has 0 aromatic carbocycles. The largest absolute Gasteiger partial charge is 0.348 e. The number of aryl methyl sites for hydroxylation is 1. The van der Waals surface area contributed by atoms with E-state index in [1.807, 2.05) is 11.3 Å². The maximum Gasteiger partial charge on any atom is 0.185 e. The molecule has 1 aromatic rings. The van der Waals surface area contributed by atoms with Crippen LogP contribution in [0.3, 0.4) is 0 Å². The summed E-state index contributed by atoms with van der Waals surface area (Å²) >= 11 is 1.88. The zero-order chi connectivity index (χ0) is 14.5. The van der Waals surface area contributed by atoms with Crippen molar-refractivity contribution in [2.45, 2.75) is 65.5 Å². The van der Waals surface area contributed by atoms with Crippen LogP contribution < -0.4 is 10.2 Å². The lowest BCUT2D eigenvalue weighted by Gasteiger charge is -2.23. The van der Waals surface area contributed by atoms with Gasteiger partial charge >= 0.3 is 0 Å². The number of nitrogens with one attached hydrogen (secondary N) is 1. The van der Waals surface area contributed by atoms with Crippen molar-refractivity contribution in [3.63, 3.8) is 0 Å². The molecule has 1 aliphatic carbocycles. The highest BCUT2D eigenvalue weighted by Gasteiger charge is 2.31. The Morgan fingerprint density at radius 1 is 1.35 bits per heavy atom. The first-order valence-corrected chi connectivity index (χ1v) is 8.91. The average molecular weight is 295 g/mol. The monoisotopic (exact) mass is 295 g/mol. The molecule has 1 heterocycles. The van der Waals surface area contributed by atoms with Crippen LogP contribution in [0.1, 0.15) is 57.0 Å². The summed E-state index contributed by atoms with van der Waals surface area (Å²) in [4.78, 5) is 8.74. The van der Waals surface area contributed by atoms with E-state index >= 15 is 0 Å². The van der Waals surface area contributed by atoms with Crippen LogP contribution >= 0.6 is 11.3 Å². The van der Waals surface area contributed by atoms with Crippen molar-refractivity contribution in [1.29, 1.82) is 0 Å². The van der Waals surface area contributed by atoms with Crippen LogP contribution in [0.25, 0.3) is 0 Å². The summed E-state index contributed by atoms with van der Waals surface area (Å²) in [6.07, 6.45) is 6.25. The van der Waals surface area contributed by atoms with Crippen molar-refractivity contribution >= 4 is 16.5 Å². The zero-order valence-corrected chi connectivity index (χ0v) is 14.2. The minimum atomic E-state index is 0.632. The van der Waals surface area contributed by atoms with Gasteiger partial charge in [0.1, 0.15) is 0 Å². The second-order valence-corrected chi connectivity index (χ2v) is 7.04. The summed E-state index contributed by atoms with van der Waals surface area (Å²) in [6, 6.07) is 0.632. The Bertz CT molecular complexity index is 412. The van der Waals surface area contributed by atoms with Gasteiger partial charge in [-0.05, 0) is 45.1 Å². The number of hydrogen-bond acceptors (Lipinski definition) is 4. The van der Waals surface area contributed by atoms with Gasteiger partial charge in [0, 0.05) is 24.5 Å². The molecule has 1 atom stereocenters. The summed E-state index contributed by atoms with van der Waals surface area (Å²) < 4.78 is 0. The third-order valence-electron chi connectivity index (χ3n) is 4.18. The van der Waals surface area contributed by atoms with Gasteiger partial charge in [-0.25, -0.2) is 4.98 Å². The minimum Gasteiger partial charge on any atom is -0.348 e. The van der Waals surface area contributed by atoms with Gasteiger partial charge in [0.15, 0.2) is 5.13 Å². The normalized spacial score (nSPS) is 16.4. The Kier molecular flexibility index (Phi) is 5.85. The van der Waals surface area contributed by atoms with Gasteiger partial charge < -0.3 is 10.2 Å². The number of nitrogens with zero attached hydrogens (tertiary/aromatic N) is 2. The Morgan fingerprint density at radius 2 is 2.10 bits per heavy atom. The van der Waals surface area contributed by atoms with Crippen LogP contribution in [0.4, 0.5) is 5.13 Å². The summed E-state index contributed by atoms with van der Waals surface area (Å²) in [5.74, 6) is 0.889. The predicted molar refractivity (Wildman–Crippen MR) is 88.7 cm³/mol. The number of aromatic nitrogens is 1. The molecule has 0 bridgehead atoms. The number of hydrogen-bond donors (Lipinski definition) is 1. The number of anilines is 1. The van der Waals surface area contributed by atoms with E-state index in [-0.39, 0.29) is 0 Å². The van der Waals surface area contributed by atoms with Crippen LogP contribution in [-0.4, -0.2) is 24.6 Å². The van der Waals surface area contributed by atoms with Gasteiger partial charge in [0.2, 0.25) is 0 Å². The Morgan fingerprint density at radius 3 is 2.70 bits per heavy atom. The van der Waals surface area contributed by atoms with Crippen LogP contribution in [0.2, 0.25) is 0 Å². The molecular weight excluding hydrogens is 266 g/mol. The maximum atomic E-state index is 4.91. The van der Waals surface area contributed by atoms with E-state index in [0.717, 1.165) is 25.4 Å². The van der Waals surface area contributed by atoms with E-state index in [1.165, 1.54) is 41.4 Å². The molecule has 20 heavy (non-hydrogen) atoms. The molecular formula is C16H29N3S. The highest BCUT2D eigenvalue weighted by molar-refractivity contribution is 7.15. The van der Waals surface area contributed by atoms with Crippen molar-refractivity contribution in [3.8, 4) is 0 Å². The lowest BCUT2D eigenvalue weighted by Crippen LogP contribution is -2.30. The predicted octanol–water partition coefficient (Wildman–Crippen LogP) is 3.83. The van der Waals surface area contributed by atoms with Crippen molar-refractivity contribution in [2.24, 2.45) is 5.92 Å². The van der Waals surface area contributed by atoms with Gasteiger partial charge in [-0.2, -0.15) is 0 Å². The first kappa shape index (κ1) is 15.8. The van der Waals surface area contributed by atoms with E-state index in [4.69, 9.17) is 4.98 Å². The standard InChI is InChI=1S/C16H29N3S/c1-5-7-14-15(11-17-10-6-2)20-16(18-14)19(4)12(3)13-8-9-13/h12-13,17H,5-11H2,1-4H3. The quantitative estimate of drug-likeness (QED) is 0.702. The van der Waals surface area contributed by atoms with Crippen molar-refractivity contribution in [1.82, 2.24) is 10.3 Å². The summed E-state index contributed by atoms with van der Waals surface area (Å²) in [5.41, 5.74) is 1.31. The molecule has 1 aliphatic rings. The third kappa shape index (κ3) is 3.95. The SMILES string of the molecule is CCCNCc1sc(N(C)C(C)C2CC2)nc1CCC. The fraction of sp³-hybridized carbons (Fsp3) is 0.812. The Balaban J connectivity index is 2.06. The molecule has 0 radical (unpaired) electrons. The molecule has 2 rings (SSSR count). The first-order valence-electron chi connectivity index (χ1n) is 8.09. The zero-order valence-electron chi connectivity index (χ0n) is 13.4. The van der Waals surface area contributed by atoms with Crippen LogP contribution in [0, 0.1) is 5.92 Å². The minimum absolute atomic E-state index is 0.632. The lowest BCUT2D eigenvalue weighted by molar-refractivity contribution is 0.607. The molecule has 1 unspecified atom stereocenters. The molecule has 1 saturated carbocycles. The highest BCUT2D eigenvalue weighted by atomic mass is 32.1. The molecule has 1 fully saturated rings. The van der Waals surface area contributed by atoms with Gasteiger partial charge in [-0.1, -0.05) is 20.3 Å². The molecule has 3 nitrogen and oxygen atoms in total. The van der Waals surface area contributed by atoms with Gasteiger partial charge in [-0.15, -0.1) is 11.3 Å². The Labute approximate surface area is 127 Å². The molecule has 4 heteroatoms. The van der Waals surface area contributed by atoms with Gasteiger partial charge in [0.25, 0.3) is 0 Å². The molecule has 0 aliphatic heterocycles. The molecule has 0 amide bonds. The molecule has 114 valence electrons. The van der Waals surface area contributed by atoms with Crippen LogP contribution in [0.15, 0.2) is 0 Å². The third-order valence-corrected chi connectivity index (χ3v) is 5.37. The Hall–Kier alpha value is -0.610. The number of thiazole rings is 1. The van der Waals surface area contributed by atoms with Crippen molar-refractivity contribution in [3.05, 3.63) is 10.6 Å². The molecule has 1 N–H and O–H groups in total. The second-order valence-electron chi connectivity index (χ2n) is 5.98. The van der Waals surface area contributed by atoms with E-state index in [1.54, 1.807) is 0 Å². The smallest absolute Gasteiger partial charge is 0.185 e. The molecule has 0 spiro atoms. The highest BCUT2D eigenvalue weighted by Crippen LogP contribution is 2.37. The van der Waals surface area contributed by atoms with E-state index in [9.17, 15) is 0 Å². The van der Waals surface area contributed by atoms with Gasteiger partial charge in [-0.3, -0.25) is 0 Å². The average Bonchev–Trinajstić information content (AvgIpc) is 3.21. The lowest BCUT2D eigenvalue weighted by atomic mass is 10.2. The topological polar surface area (TPSA) is 28.2 Å². The summed E-state index contributed by atoms with van der Waals surface area (Å²) in [7, 11) is 2.21. The second kappa shape index (κ2) is 7.41. The van der Waals surface area contributed by atoms with E-state index in [0.29, 0.717) is 6.04 Å². The van der Waals surface area contributed by atoms with Crippen molar-refractivity contribution in [2.75, 3.05) is 18.5 Å². The summed E-state index contributed by atoms with van der Waals surface area (Å²) in [5, 5.41) is 4.73. The van der Waals surface area contributed by atoms with E-state index < -0.39 is 0 Å². The fourth-order valence-corrected chi connectivity index (χ4v) is 3.66.